The second-order valence-electron chi connectivity index (χ2n) is 7.69. The number of ether oxygens (including phenoxy) is 1. The van der Waals surface area contributed by atoms with Crippen molar-refractivity contribution in [2.75, 3.05) is 45.9 Å². The topological polar surface area (TPSA) is 47.2 Å². The van der Waals surface area contributed by atoms with E-state index < -0.39 is 0 Å². The van der Waals surface area contributed by atoms with E-state index in [-0.39, 0.29) is 5.91 Å². The maximum Gasteiger partial charge on any atom is 0.275 e. The van der Waals surface area contributed by atoms with Crippen molar-refractivity contribution in [2.24, 2.45) is 5.92 Å². The van der Waals surface area contributed by atoms with Gasteiger partial charge >= 0.3 is 0 Å². The molecular weight excluding hydrogens is 314 g/mol. The average Bonchev–Trinajstić information content (AvgIpc) is 2.64. The van der Waals surface area contributed by atoms with Crippen LogP contribution in [-0.2, 0) is 22.6 Å². The Morgan fingerprint density at radius 3 is 2.48 bits per heavy atom. The van der Waals surface area contributed by atoms with Crippen LogP contribution < -0.4 is 15.1 Å². The quantitative estimate of drug-likeness (QED) is 0.620. The van der Waals surface area contributed by atoms with Gasteiger partial charge in [0.25, 0.3) is 5.91 Å². The SMILES string of the molecule is CC1CC[NH+](CC(=O)NCc2ccccc2C[NH+]2CCOCC2)CC1. The minimum Gasteiger partial charge on any atom is -0.370 e. The standard InChI is InChI=1S/C20H31N3O2/c1-17-6-8-22(9-7-17)16-20(24)21-14-18-4-2-3-5-19(18)15-23-10-12-25-13-11-23/h2-5,17H,6-16H2,1H3,(H,21,24)/p+2. The molecule has 0 aliphatic carbocycles. The van der Waals surface area contributed by atoms with Crippen LogP contribution in [0.3, 0.4) is 0 Å². The lowest BCUT2D eigenvalue weighted by atomic mass is 9.99. The van der Waals surface area contributed by atoms with Gasteiger partial charge in [-0.25, -0.2) is 0 Å². The Hall–Kier alpha value is -1.43. The van der Waals surface area contributed by atoms with Gasteiger partial charge in [-0.2, -0.15) is 0 Å². The number of quaternary nitrogens is 2. The third-order valence-corrected chi connectivity index (χ3v) is 5.63. The van der Waals surface area contributed by atoms with Crippen LogP contribution in [0.25, 0.3) is 0 Å². The molecule has 1 aromatic rings. The molecule has 0 atom stereocenters. The van der Waals surface area contributed by atoms with E-state index in [1.54, 1.807) is 4.90 Å². The maximum absolute atomic E-state index is 12.3. The summed E-state index contributed by atoms with van der Waals surface area (Å²) in [6.45, 7) is 10.7. The molecule has 2 fully saturated rings. The molecule has 1 aromatic carbocycles. The minimum absolute atomic E-state index is 0.179. The Labute approximate surface area is 151 Å². The Bertz CT molecular complexity index is 550. The average molecular weight is 348 g/mol. The molecule has 2 saturated heterocycles. The Kier molecular flexibility index (Phi) is 6.84. The van der Waals surface area contributed by atoms with E-state index >= 15 is 0 Å². The van der Waals surface area contributed by atoms with Gasteiger partial charge < -0.3 is 19.9 Å². The first-order chi connectivity index (χ1) is 12.2. The number of morpholine rings is 1. The molecule has 0 spiro atoms. The van der Waals surface area contributed by atoms with Gasteiger partial charge in [0.1, 0.15) is 19.6 Å². The van der Waals surface area contributed by atoms with E-state index in [9.17, 15) is 4.79 Å². The van der Waals surface area contributed by atoms with E-state index in [2.05, 4.69) is 36.5 Å². The van der Waals surface area contributed by atoms with E-state index in [1.165, 1.54) is 28.9 Å². The molecule has 1 amide bonds. The van der Waals surface area contributed by atoms with Gasteiger partial charge in [-0.1, -0.05) is 31.2 Å². The van der Waals surface area contributed by atoms with Gasteiger partial charge in [0.05, 0.1) is 26.3 Å². The van der Waals surface area contributed by atoms with E-state index in [0.717, 1.165) is 51.9 Å². The summed E-state index contributed by atoms with van der Waals surface area (Å²) in [6.07, 6.45) is 2.49. The highest BCUT2D eigenvalue weighted by atomic mass is 16.5. The lowest BCUT2D eigenvalue weighted by Crippen LogP contribution is -3.14. The smallest absolute Gasteiger partial charge is 0.275 e. The fourth-order valence-electron chi connectivity index (χ4n) is 3.84. The molecular formula is C20H33N3O2+2. The summed E-state index contributed by atoms with van der Waals surface area (Å²) < 4.78 is 5.45. The van der Waals surface area contributed by atoms with Crippen molar-refractivity contribution in [1.29, 1.82) is 0 Å². The number of hydrogen-bond donors (Lipinski definition) is 3. The maximum atomic E-state index is 12.3. The molecule has 3 N–H and O–H groups in total. The normalized spacial score (nSPS) is 24.8. The van der Waals surface area contributed by atoms with Crippen LogP contribution in [0.1, 0.15) is 30.9 Å². The molecule has 3 rings (SSSR count). The molecule has 0 saturated carbocycles. The van der Waals surface area contributed by atoms with Crippen LogP contribution >= 0.6 is 0 Å². The Morgan fingerprint density at radius 1 is 1.08 bits per heavy atom. The number of rotatable bonds is 6. The second kappa shape index (κ2) is 9.32. The van der Waals surface area contributed by atoms with Crippen LogP contribution in [0.5, 0.6) is 0 Å². The number of likely N-dealkylation sites (tertiary alicyclic amines) is 1. The molecule has 5 nitrogen and oxygen atoms in total. The van der Waals surface area contributed by atoms with Crippen LogP contribution in [0.15, 0.2) is 24.3 Å². The fourth-order valence-corrected chi connectivity index (χ4v) is 3.84. The summed E-state index contributed by atoms with van der Waals surface area (Å²) in [7, 11) is 0. The largest absolute Gasteiger partial charge is 0.370 e. The van der Waals surface area contributed by atoms with Crippen LogP contribution in [0.4, 0.5) is 0 Å². The molecule has 0 bridgehead atoms. The van der Waals surface area contributed by atoms with Gasteiger partial charge in [0, 0.05) is 12.1 Å². The minimum atomic E-state index is 0.179. The van der Waals surface area contributed by atoms with Crippen molar-refractivity contribution in [3.8, 4) is 0 Å². The molecule has 25 heavy (non-hydrogen) atoms. The van der Waals surface area contributed by atoms with Gasteiger partial charge in [0.2, 0.25) is 0 Å². The number of piperidine rings is 1. The van der Waals surface area contributed by atoms with Crippen molar-refractivity contribution in [1.82, 2.24) is 5.32 Å². The lowest BCUT2D eigenvalue weighted by Gasteiger charge is -2.27. The molecule has 0 unspecified atom stereocenters. The van der Waals surface area contributed by atoms with Gasteiger partial charge in [-0.3, -0.25) is 4.79 Å². The van der Waals surface area contributed by atoms with Gasteiger partial charge in [-0.05, 0) is 24.3 Å². The number of benzene rings is 1. The molecule has 5 heteroatoms. The Morgan fingerprint density at radius 2 is 1.76 bits per heavy atom. The molecule has 2 aliphatic rings. The van der Waals surface area contributed by atoms with Crippen molar-refractivity contribution in [3.05, 3.63) is 35.4 Å². The predicted octanol–water partition coefficient (Wildman–Crippen LogP) is -0.967. The highest BCUT2D eigenvalue weighted by Gasteiger charge is 2.21. The predicted molar refractivity (Wildman–Crippen MR) is 97.5 cm³/mol. The van der Waals surface area contributed by atoms with Crippen LogP contribution in [0, 0.1) is 5.92 Å². The first-order valence-corrected chi connectivity index (χ1v) is 9.79. The summed E-state index contributed by atoms with van der Waals surface area (Å²) >= 11 is 0. The first kappa shape index (κ1) is 18.4. The molecule has 0 aromatic heterocycles. The number of carbonyl (C=O) groups excluding carboxylic acids is 1. The molecule has 2 heterocycles. The van der Waals surface area contributed by atoms with Crippen molar-refractivity contribution in [3.63, 3.8) is 0 Å². The van der Waals surface area contributed by atoms with Crippen molar-refractivity contribution >= 4 is 5.91 Å². The van der Waals surface area contributed by atoms with E-state index in [4.69, 9.17) is 4.74 Å². The summed E-state index contributed by atoms with van der Waals surface area (Å²) in [5.74, 6) is 0.999. The van der Waals surface area contributed by atoms with Gasteiger partial charge in [-0.15, -0.1) is 0 Å². The third kappa shape index (κ3) is 5.80. The first-order valence-electron chi connectivity index (χ1n) is 9.79. The van der Waals surface area contributed by atoms with Crippen LogP contribution in [0.2, 0.25) is 0 Å². The fraction of sp³-hybridized carbons (Fsp3) is 0.650. The highest BCUT2D eigenvalue weighted by molar-refractivity contribution is 5.76. The summed E-state index contributed by atoms with van der Waals surface area (Å²) in [5.41, 5.74) is 2.59. The number of amides is 1. The van der Waals surface area contributed by atoms with E-state index in [1.807, 2.05) is 0 Å². The van der Waals surface area contributed by atoms with Crippen molar-refractivity contribution in [2.45, 2.75) is 32.9 Å². The number of carbonyl (C=O) groups is 1. The summed E-state index contributed by atoms with van der Waals surface area (Å²) in [5, 5.41) is 3.14. The zero-order valence-corrected chi connectivity index (χ0v) is 15.5. The molecule has 138 valence electrons. The monoisotopic (exact) mass is 347 g/mol. The van der Waals surface area contributed by atoms with Crippen molar-refractivity contribution < 1.29 is 19.3 Å². The summed E-state index contributed by atoms with van der Waals surface area (Å²) in [6, 6.07) is 8.50. The van der Waals surface area contributed by atoms with E-state index in [0.29, 0.717) is 13.1 Å². The molecule has 0 radical (unpaired) electrons. The third-order valence-electron chi connectivity index (χ3n) is 5.63. The van der Waals surface area contributed by atoms with Crippen LogP contribution in [-0.4, -0.2) is 51.8 Å². The van der Waals surface area contributed by atoms with Gasteiger partial charge in [0.15, 0.2) is 6.54 Å². The lowest BCUT2D eigenvalue weighted by molar-refractivity contribution is -0.921. The number of nitrogens with one attached hydrogen (secondary N) is 3. The summed E-state index contributed by atoms with van der Waals surface area (Å²) in [4.78, 5) is 15.3. The second-order valence-corrected chi connectivity index (χ2v) is 7.69. The highest BCUT2D eigenvalue weighted by Crippen LogP contribution is 2.08. The zero-order valence-electron chi connectivity index (χ0n) is 15.5. The number of hydrogen-bond acceptors (Lipinski definition) is 2. The molecule has 2 aliphatic heterocycles. The zero-order chi connectivity index (χ0) is 17.5. The Balaban J connectivity index is 1.48.